The minimum Gasteiger partial charge on any atom is -0.311 e. The molecule has 0 aliphatic heterocycles. The lowest BCUT2D eigenvalue weighted by molar-refractivity contribution is 0.0593. The minimum absolute atomic E-state index is 0.232. The van der Waals surface area contributed by atoms with Crippen molar-refractivity contribution in [1.82, 2.24) is 15.2 Å². The molecule has 1 atom stereocenters. The highest BCUT2D eigenvalue weighted by Gasteiger charge is 2.41. The Hall–Kier alpha value is -0.930. The molecule has 100 valence electrons. The van der Waals surface area contributed by atoms with E-state index in [0.717, 1.165) is 0 Å². The Morgan fingerprint density at radius 3 is 2.50 bits per heavy atom. The average molecular weight is 247 g/mol. The van der Waals surface area contributed by atoms with Crippen LogP contribution in [0, 0.1) is 0 Å². The Labute approximate surface area is 111 Å². The van der Waals surface area contributed by atoms with Gasteiger partial charge in [-0.2, -0.15) is 0 Å². The minimum atomic E-state index is 0.232. The van der Waals surface area contributed by atoms with E-state index in [1.807, 2.05) is 18.5 Å². The zero-order valence-corrected chi connectivity index (χ0v) is 11.8. The second kappa shape index (κ2) is 5.81. The number of aromatic nitrogens is 1. The van der Waals surface area contributed by atoms with Crippen LogP contribution in [-0.2, 0) is 0 Å². The predicted octanol–water partition coefficient (Wildman–Crippen LogP) is 2.61. The molecule has 18 heavy (non-hydrogen) atoms. The van der Waals surface area contributed by atoms with Gasteiger partial charge in [0.15, 0.2) is 0 Å². The molecule has 0 aromatic carbocycles. The Morgan fingerprint density at radius 1 is 1.28 bits per heavy atom. The second-order valence-corrected chi connectivity index (χ2v) is 5.57. The van der Waals surface area contributed by atoms with E-state index in [1.165, 1.54) is 37.7 Å². The SMILES string of the molecule is CNC(c1cccnc1)C1(N(C)C)CCCCC1. The van der Waals surface area contributed by atoms with Crippen LogP contribution in [0.2, 0.25) is 0 Å². The highest BCUT2D eigenvalue weighted by atomic mass is 15.2. The summed E-state index contributed by atoms with van der Waals surface area (Å²) in [6, 6.07) is 4.58. The van der Waals surface area contributed by atoms with Crippen LogP contribution in [0.1, 0.15) is 43.7 Å². The van der Waals surface area contributed by atoms with Crippen LogP contribution in [0.3, 0.4) is 0 Å². The smallest absolute Gasteiger partial charge is 0.0519 e. The van der Waals surface area contributed by atoms with Crippen molar-refractivity contribution in [3.8, 4) is 0 Å². The van der Waals surface area contributed by atoms with Crippen molar-refractivity contribution in [1.29, 1.82) is 0 Å². The van der Waals surface area contributed by atoms with Crippen molar-refractivity contribution in [3.63, 3.8) is 0 Å². The standard InChI is InChI=1S/C15H25N3/c1-16-14(13-8-7-11-17-12-13)15(18(2)3)9-5-4-6-10-15/h7-8,11-12,14,16H,4-6,9-10H2,1-3H3. The fourth-order valence-electron chi connectivity index (χ4n) is 3.45. The van der Waals surface area contributed by atoms with Gasteiger partial charge >= 0.3 is 0 Å². The summed E-state index contributed by atoms with van der Waals surface area (Å²) in [6.07, 6.45) is 10.4. The van der Waals surface area contributed by atoms with Crippen molar-refractivity contribution >= 4 is 0 Å². The van der Waals surface area contributed by atoms with E-state index in [4.69, 9.17) is 0 Å². The van der Waals surface area contributed by atoms with Crippen LogP contribution in [0.4, 0.5) is 0 Å². The van der Waals surface area contributed by atoms with Crippen LogP contribution in [0.25, 0.3) is 0 Å². The molecule has 1 heterocycles. The summed E-state index contributed by atoms with van der Waals surface area (Å²) >= 11 is 0. The van der Waals surface area contributed by atoms with Gasteiger partial charge in [-0.1, -0.05) is 25.3 Å². The highest BCUT2D eigenvalue weighted by Crippen LogP contribution is 2.41. The fraction of sp³-hybridized carbons (Fsp3) is 0.667. The van der Waals surface area contributed by atoms with E-state index >= 15 is 0 Å². The van der Waals surface area contributed by atoms with Gasteiger partial charge in [-0.15, -0.1) is 0 Å². The lowest BCUT2D eigenvalue weighted by atomic mass is 9.73. The van der Waals surface area contributed by atoms with E-state index in [-0.39, 0.29) is 5.54 Å². The van der Waals surface area contributed by atoms with Gasteiger partial charge in [-0.05, 0) is 45.6 Å². The van der Waals surface area contributed by atoms with Crippen LogP contribution < -0.4 is 5.32 Å². The van der Waals surface area contributed by atoms with Crippen molar-refractivity contribution in [3.05, 3.63) is 30.1 Å². The quantitative estimate of drug-likeness (QED) is 0.886. The topological polar surface area (TPSA) is 28.2 Å². The third kappa shape index (κ3) is 2.43. The molecule has 3 nitrogen and oxygen atoms in total. The summed E-state index contributed by atoms with van der Waals surface area (Å²) in [5.41, 5.74) is 1.53. The largest absolute Gasteiger partial charge is 0.311 e. The number of pyridine rings is 1. The molecule has 1 N–H and O–H groups in total. The van der Waals surface area contributed by atoms with Gasteiger partial charge in [0.25, 0.3) is 0 Å². The monoisotopic (exact) mass is 247 g/mol. The van der Waals surface area contributed by atoms with Gasteiger partial charge in [-0.25, -0.2) is 0 Å². The maximum absolute atomic E-state index is 4.28. The van der Waals surface area contributed by atoms with Crippen LogP contribution in [0.15, 0.2) is 24.5 Å². The summed E-state index contributed by atoms with van der Waals surface area (Å²) in [4.78, 5) is 6.70. The van der Waals surface area contributed by atoms with Gasteiger partial charge in [0, 0.05) is 17.9 Å². The Bertz CT molecular complexity index is 355. The van der Waals surface area contributed by atoms with Gasteiger partial charge in [0.2, 0.25) is 0 Å². The zero-order chi connectivity index (χ0) is 13.0. The highest BCUT2D eigenvalue weighted by molar-refractivity contribution is 5.20. The summed E-state index contributed by atoms with van der Waals surface area (Å²) < 4.78 is 0. The number of hydrogen-bond acceptors (Lipinski definition) is 3. The lowest BCUT2D eigenvalue weighted by Gasteiger charge is -2.48. The fourth-order valence-corrected chi connectivity index (χ4v) is 3.45. The first-order valence-corrected chi connectivity index (χ1v) is 6.95. The third-order valence-corrected chi connectivity index (χ3v) is 4.45. The van der Waals surface area contributed by atoms with Gasteiger partial charge < -0.3 is 10.2 Å². The Balaban J connectivity index is 2.33. The van der Waals surface area contributed by atoms with E-state index in [2.05, 4.69) is 42.4 Å². The molecule has 0 saturated heterocycles. The predicted molar refractivity (Wildman–Crippen MR) is 75.5 cm³/mol. The molecule has 3 heteroatoms. The summed E-state index contributed by atoms with van der Waals surface area (Å²) in [7, 11) is 6.50. The van der Waals surface area contributed by atoms with Crippen molar-refractivity contribution in [2.45, 2.75) is 43.7 Å². The van der Waals surface area contributed by atoms with Crippen LogP contribution in [-0.4, -0.2) is 36.6 Å². The molecule has 1 aromatic rings. The van der Waals surface area contributed by atoms with Gasteiger partial charge in [0.1, 0.15) is 0 Å². The summed E-state index contributed by atoms with van der Waals surface area (Å²) in [6.45, 7) is 0. The molecule has 1 aliphatic rings. The number of nitrogens with zero attached hydrogens (tertiary/aromatic N) is 2. The molecule has 0 bridgehead atoms. The Kier molecular flexibility index (Phi) is 4.36. The molecule has 1 fully saturated rings. The molecule has 1 saturated carbocycles. The number of likely N-dealkylation sites (N-methyl/N-ethyl adjacent to an activating group) is 2. The van der Waals surface area contributed by atoms with E-state index in [0.29, 0.717) is 6.04 Å². The van der Waals surface area contributed by atoms with E-state index < -0.39 is 0 Å². The molecule has 1 aliphatic carbocycles. The molecular weight excluding hydrogens is 222 g/mol. The maximum Gasteiger partial charge on any atom is 0.0519 e. The molecular formula is C15H25N3. The normalized spacial score (nSPS) is 20.9. The first-order valence-electron chi connectivity index (χ1n) is 6.95. The van der Waals surface area contributed by atoms with Gasteiger partial charge in [-0.3, -0.25) is 4.98 Å². The summed E-state index contributed by atoms with van der Waals surface area (Å²) in [5.74, 6) is 0. The second-order valence-electron chi connectivity index (χ2n) is 5.57. The van der Waals surface area contributed by atoms with Crippen molar-refractivity contribution in [2.75, 3.05) is 21.1 Å². The van der Waals surface area contributed by atoms with E-state index in [1.54, 1.807) is 0 Å². The molecule has 1 aromatic heterocycles. The average Bonchev–Trinajstić information content (AvgIpc) is 2.41. The first kappa shape index (κ1) is 13.5. The van der Waals surface area contributed by atoms with Gasteiger partial charge in [0.05, 0.1) is 6.04 Å². The number of nitrogens with one attached hydrogen (secondary N) is 1. The van der Waals surface area contributed by atoms with Crippen molar-refractivity contribution in [2.24, 2.45) is 0 Å². The first-order chi connectivity index (χ1) is 8.70. The maximum atomic E-state index is 4.28. The molecule has 0 amide bonds. The lowest BCUT2D eigenvalue weighted by Crippen LogP contribution is -2.54. The summed E-state index contributed by atoms with van der Waals surface area (Å²) in [5, 5.41) is 3.53. The number of rotatable bonds is 4. The zero-order valence-electron chi connectivity index (χ0n) is 11.8. The Morgan fingerprint density at radius 2 is 2.00 bits per heavy atom. The molecule has 2 rings (SSSR count). The van der Waals surface area contributed by atoms with Crippen molar-refractivity contribution < 1.29 is 0 Å². The molecule has 0 radical (unpaired) electrons. The van der Waals surface area contributed by atoms with Crippen LogP contribution >= 0.6 is 0 Å². The molecule has 0 spiro atoms. The van der Waals surface area contributed by atoms with E-state index in [9.17, 15) is 0 Å². The number of hydrogen-bond donors (Lipinski definition) is 1. The third-order valence-electron chi connectivity index (χ3n) is 4.45. The van der Waals surface area contributed by atoms with Crippen LogP contribution in [0.5, 0.6) is 0 Å². The molecule has 1 unspecified atom stereocenters.